The van der Waals surface area contributed by atoms with Crippen molar-refractivity contribution in [2.75, 3.05) is 0 Å². The molecule has 0 aliphatic heterocycles. The molecule has 2 rings (SSSR count). The lowest BCUT2D eigenvalue weighted by Gasteiger charge is -1.97. The van der Waals surface area contributed by atoms with Crippen LogP contribution in [0.15, 0.2) is 36.4 Å². The molecule has 18 heavy (non-hydrogen) atoms. The lowest BCUT2D eigenvalue weighted by Crippen LogP contribution is -1.76. The van der Waals surface area contributed by atoms with Crippen LogP contribution in [0.3, 0.4) is 0 Å². The fourth-order valence-corrected chi connectivity index (χ4v) is 1.45. The summed E-state index contributed by atoms with van der Waals surface area (Å²) in [6.07, 6.45) is 0. The first kappa shape index (κ1) is 14.1. The van der Waals surface area contributed by atoms with E-state index in [0.29, 0.717) is 11.5 Å². The van der Waals surface area contributed by atoms with Crippen molar-refractivity contribution in [1.82, 2.24) is 0 Å². The van der Waals surface area contributed by atoms with Crippen molar-refractivity contribution in [3.05, 3.63) is 58.7 Å². The molecule has 0 atom stereocenters. The largest absolute Gasteiger partial charge is 0.508 e. The number of aromatic hydroxyl groups is 2. The van der Waals surface area contributed by atoms with E-state index in [1.807, 2.05) is 39.8 Å². The standard InChI is InChI=1S/2C8H10O/c2*1-6-3-4-8(9)5-7(6)2/h2*3-5,9H,1-2H3. The molecule has 0 unspecified atom stereocenters. The summed E-state index contributed by atoms with van der Waals surface area (Å²) >= 11 is 0. The summed E-state index contributed by atoms with van der Waals surface area (Å²) in [6.45, 7) is 8.01. The van der Waals surface area contributed by atoms with Crippen LogP contribution in [0.1, 0.15) is 22.3 Å². The third-order valence-electron chi connectivity index (χ3n) is 2.98. The van der Waals surface area contributed by atoms with E-state index >= 15 is 0 Å². The zero-order valence-corrected chi connectivity index (χ0v) is 11.4. The van der Waals surface area contributed by atoms with Crippen LogP contribution in [0.2, 0.25) is 0 Å². The number of phenolic OH excluding ortho intramolecular Hbond substituents is 2. The number of hydrogen-bond acceptors (Lipinski definition) is 2. The van der Waals surface area contributed by atoms with E-state index in [4.69, 9.17) is 10.2 Å². The number of phenols is 2. The Morgan fingerprint density at radius 3 is 1.11 bits per heavy atom. The molecule has 2 nitrogen and oxygen atoms in total. The van der Waals surface area contributed by atoms with Crippen LogP contribution in [0.5, 0.6) is 11.5 Å². The highest BCUT2D eigenvalue weighted by molar-refractivity contribution is 5.33. The normalized spacial score (nSPS) is 9.56. The molecular weight excluding hydrogens is 224 g/mol. The lowest BCUT2D eigenvalue weighted by atomic mass is 10.1. The Hall–Kier alpha value is -1.96. The molecule has 0 aromatic heterocycles. The number of hydrogen-bond donors (Lipinski definition) is 2. The van der Waals surface area contributed by atoms with Crippen molar-refractivity contribution < 1.29 is 10.2 Å². The van der Waals surface area contributed by atoms with Gasteiger partial charge < -0.3 is 10.2 Å². The Kier molecular flexibility index (Phi) is 4.78. The molecule has 0 amide bonds. The van der Waals surface area contributed by atoms with Gasteiger partial charge in [-0.1, -0.05) is 12.1 Å². The third-order valence-corrected chi connectivity index (χ3v) is 2.98. The second-order valence-corrected chi connectivity index (χ2v) is 4.54. The van der Waals surface area contributed by atoms with Crippen LogP contribution in [0, 0.1) is 27.7 Å². The van der Waals surface area contributed by atoms with E-state index in [9.17, 15) is 0 Å². The Balaban J connectivity index is 0.000000180. The average Bonchev–Trinajstić information content (AvgIpc) is 2.30. The van der Waals surface area contributed by atoms with Gasteiger partial charge in [0.25, 0.3) is 0 Å². The summed E-state index contributed by atoms with van der Waals surface area (Å²) in [4.78, 5) is 0. The van der Waals surface area contributed by atoms with Crippen molar-refractivity contribution in [2.45, 2.75) is 27.7 Å². The maximum atomic E-state index is 8.94. The SMILES string of the molecule is Cc1ccc(O)cc1C.Cc1ccc(O)cc1C. The summed E-state index contributed by atoms with van der Waals surface area (Å²) in [5, 5.41) is 17.9. The maximum absolute atomic E-state index is 8.94. The first-order chi connectivity index (χ1) is 8.40. The summed E-state index contributed by atoms with van der Waals surface area (Å²) in [5.74, 6) is 0.691. The van der Waals surface area contributed by atoms with Crippen LogP contribution in [0.25, 0.3) is 0 Å². The van der Waals surface area contributed by atoms with Crippen LogP contribution in [0.4, 0.5) is 0 Å². The van der Waals surface area contributed by atoms with Crippen LogP contribution >= 0.6 is 0 Å². The molecule has 0 aliphatic carbocycles. The van der Waals surface area contributed by atoms with E-state index in [1.54, 1.807) is 24.3 Å². The van der Waals surface area contributed by atoms with Crippen molar-refractivity contribution in [3.8, 4) is 11.5 Å². The van der Waals surface area contributed by atoms with Crippen LogP contribution in [-0.4, -0.2) is 10.2 Å². The topological polar surface area (TPSA) is 40.5 Å². The smallest absolute Gasteiger partial charge is 0.115 e. The zero-order chi connectivity index (χ0) is 13.7. The second-order valence-electron chi connectivity index (χ2n) is 4.54. The number of aryl methyl sites for hydroxylation is 4. The fourth-order valence-electron chi connectivity index (χ4n) is 1.45. The second kappa shape index (κ2) is 6.10. The summed E-state index contributed by atoms with van der Waals surface area (Å²) < 4.78 is 0. The van der Waals surface area contributed by atoms with Gasteiger partial charge in [0, 0.05) is 0 Å². The van der Waals surface area contributed by atoms with Gasteiger partial charge in [-0.2, -0.15) is 0 Å². The Bertz CT molecular complexity index is 481. The van der Waals surface area contributed by atoms with Gasteiger partial charge in [-0.25, -0.2) is 0 Å². The van der Waals surface area contributed by atoms with Crippen molar-refractivity contribution in [3.63, 3.8) is 0 Å². The molecule has 0 heterocycles. The first-order valence-electron chi connectivity index (χ1n) is 5.92. The van der Waals surface area contributed by atoms with Crippen LogP contribution < -0.4 is 0 Å². The first-order valence-corrected chi connectivity index (χ1v) is 5.92. The zero-order valence-electron chi connectivity index (χ0n) is 11.4. The molecule has 0 aliphatic rings. The van der Waals surface area contributed by atoms with Gasteiger partial charge in [-0.15, -0.1) is 0 Å². The fraction of sp³-hybridized carbons (Fsp3) is 0.250. The van der Waals surface area contributed by atoms with E-state index in [-0.39, 0.29) is 0 Å². The predicted molar refractivity (Wildman–Crippen MR) is 75.2 cm³/mol. The Morgan fingerprint density at radius 1 is 0.556 bits per heavy atom. The van der Waals surface area contributed by atoms with E-state index in [1.165, 1.54) is 11.1 Å². The summed E-state index contributed by atoms with van der Waals surface area (Å²) in [7, 11) is 0. The maximum Gasteiger partial charge on any atom is 0.115 e. The molecule has 0 saturated heterocycles. The molecule has 0 spiro atoms. The van der Waals surface area contributed by atoms with E-state index < -0.39 is 0 Å². The minimum atomic E-state index is 0.345. The van der Waals surface area contributed by atoms with E-state index in [0.717, 1.165) is 11.1 Å². The molecule has 0 fully saturated rings. The molecule has 2 aromatic carbocycles. The van der Waals surface area contributed by atoms with Gasteiger partial charge in [-0.05, 0) is 74.2 Å². The van der Waals surface area contributed by atoms with Crippen molar-refractivity contribution in [1.29, 1.82) is 0 Å². The third kappa shape index (κ3) is 4.13. The van der Waals surface area contributed by atoms with Gasteiger partial charge in [0.1, 0.15) is 11.5 Å². The lowest BCUT2D eigenvalue weighted by molar-refractivity contribution is 0.474. The molecule has 0 bridgehead atoms. The van der Waals surface area contributed by atoms with Gasteiger partial charge in [-0.3, -0.25) is 0 Å². The molecule has 96 valence electrons. The summed E-state index contributed by atoms with van der Waals surface area (Å²) in [6, 6.07) is 10.7. The quantitative estimate of drug-likeness (QED) is 0.735. The Morgan fingerprint density at radius 2 is 0.889 bits per heavy atom. The predicted octanol–water partition coefficient (Wildman–Crippen LogP) is 4.02. The van der Waals surface area contributed by atoms with Crippen LogP contribution in [-0.2, 0) is 0 Å². The highest BCUT2D eigenvalue weighted by Gasteiger charge is 1.91. The van der Waals surface area contributed by atoms with Gasteiger partial charge in [0.2, 0.25) is 0 Å². The Labute approximate surface area is 109 Å². The highest BCUT2D eigenvalue weighted by atomic mass is 16.3. The summed E-state index contributed by atoms with van der Waals surface area (Å²) in [5.41, 5.74) is 4.70. The van der Waals surface area contributed by atoms with Crippen molar-refractivity contribution >= 4 is 0 Å². The highest BCUT2D eigenvalue weighted by Crippen LogP contribution is 2.14. The van der Waals surface area contributed by atoms with Gasteiger partial charge in [0.15, 0.2) is 0 Å². The van der Waals surface area contributed by atoms with Gasteiger partial charge in [0.05, 0.1) is 0 Å². The minimum Gasteiger partial charge on any atom is -0.508 e. The molecule has 2 N–H and O–H groups in total. The average molecular weight is 244 g/mol. The van der Waals surface area contributed by atoms with Crippen molar-refractivity contribution in [2.24, 2.45) is 0 Å². The van der Waals surface area contributed by atoms with E-state index in [2.05, 4.69) is 0 Å². The minimum absolute atomic E-state index is 0.345. The monoisotopic (exact) mass is 244 g/mol. The molecule has 0 saturated carbocycles. The molecule has 2 aromatic rings. The number of rotatable bonds is 0. The van der Waals surface area contributed by atoms with Gasteiger partial charge >= 0.3 is 0 Å². The molecular formula is C16H20O2. The number of benzene rings is 2. The molecule has 2 heteroatoms. The molecule has 0 radical (unpaired) electrons.